The van der Waals surface area contributed by atoms with Gasteiger partial charge in [-0.1, -0.05) is 37.6 Å². The third-order valence-electron chi connectivity index (χ3n) is 6.27. The topological polar surface area (TPSA) is 33.1 Å². The number of nitrogens with one attached hydrogen (secondary N) is 1. The molecule has 1 aliphatic heterocycles. The quantitative estimate of drug-likeness (QED) is 0.531. The van der Waals surface area contributed by atoms with E-state index in [9.17, 15) is 0 Å². The van der Waals surface area contributed by atoms with Crippen LogP contribution in [0.25, 0.3) is 5.69 Å². The fourth-order valence-electron chi connectivity index (χ4n) is 4.69. The van der Waals surface area contributed by atoms with Gasteiger partial charge >= 0.3 is 0 Å². The molecule has 0 spiro atoms. The number of thiocarbonyl (C=S) groups is 1. The van der Waals surface area contributed by atoms with Gasteiger partial charge in [0.05, 0.1) is 17.8 Å². The van der Waals surface area contributed by atoms with E-state index in [-0.39, 0.29) is 12.1 Å². The van der Waals surface area contributed by atoms with Gasteiger partial charge in [-0.15, -0.1) is 0 Å². The largest absolute Gasteiger partial charge is 0.352 e. The van der Waals surface area contributed by atoms with Gasteiger partial charge in [-0.05, 0) is 69.2 Å². The SMILES string of the molecule is CCCCN1C(=S)N[C@H](c2ccccn2)[C@@H]1c1c(C)c(C)n(-c2ccccc2)c1C. The molecule has 3 heterocycles. The van der Waals surface area contributed by atoms with Crippen LogP contribution in [0.5, 0.6) is 0 Å². The molecule has 5 heteroatoms. The molecule has 0 bridgehead atoms. The van der Waals surface area contributed by atoms with E-state index >= 15 is 0 Å². The van der Waals surface area contributed by atoms with Crippen molar-refractivity contribution in [3.05, 3.63) is 82.9 Å². The van der Waals surface area contributed by atoms with Gasteiger partial charge in [-0.25, -0.2) is 0 Å². The summed E-state index contributed by atoms with van der Waals surface area (Å²) in [5, 5.41) is 4.41. The molecule has 0 unspecified atom stereocenters. The molecule has 4 nitrogen and oxygen atoms in total. The van der Waals surface area contributed by atoms with Gasteiger partial charge in [-0.3, -0.25) is 4.98 Å². The monoisotopic (exact) mass is 418 g/mol. The van der Waals surface area contributed by atoms with E-state index in [0.717, 1.165) is 30.2 Å². The molecule has 4 rings (SSSR count). The van der Waals surface area contributed by atoms with E-state index in [4.69, 9.17) is 12.2 Å². The van der Waals surface area contributed by atoms with Crippen LogP contribution in [0.4, 0.5) is 0 Å². The Hall–Kier alpha value is -2.66. The van der Waals surface area contributed by atoms with Crippen LogP contribution in [0, 0.1) is 20.8 Å². The normalized spacial score (nSPS) is 18.7. The maximum absolute atomic E-state index is 5.81. The van der Waals surface area contributed by atoms with Crippen molar-refractivity contribution in [2.75, 3.05) is 6.54 Å². The van der Waals surface area contributed by atoms with Gasteiger partial charge in [0, 0.05) is 35.4 Å². The second kappa shape index (κ2) is 8.60. The summed E-state index contributed by atoms with van der Waals surface area (Å²) in [6.45, 7) is 9.87. The Morgan fingerprint density at radius 2 is 1.73 bits per heavy atom. The predicted octanol–water partition coefficient (Wildman–Crippen LogP) is 5.57. The van der Waals surface area contributed by atoms with Crippen LogP contribution in [-0.2, 0) is 0 Å². The van der Waals surface area contributed by atoms with E-state index < -0.39 is 0 Å². The van der Waals surface area contributed by atoms with Crippen molar-refractivity contribution < 1.29 is 0 Å². The number of nitrogens with zero attached hydrogens (tertiary/aromatic N) is 3. The van der Waals surface area contributed by atoms with Crippen LogP contribution in [0.2, 0.25) is 0 Å². The van der Waals surface area contributed by atoms with Crippen molar-refractivity contribution in [2.24, 2.45) is 0 Å². The number of aromatic nitrogens is 2. The molecule has 0 radical (unpaired) electrons. The molecule has 1 aromatic carbocycles. The third kappa shape index (κ3) is 3.52. The van der Waals surface area contributed by atoms with E-state index in [0.29, 0.717) is 0 Å². The molecule has 0 saturated carbocycles. The van der Waals surface area contributed by atoms with Crippen molar-refractivity contribution in [1.82, 2.24) is 19.8 Å². The Kier molecular flexibility index (Phi) is 5.91. The molecule has 3 aromatic rings. The predicted molar refractivity (Wildman–Crippen MR) is 127 cm³/mol. The average Bonchev–Trinajstić information content (AvgIpc) is 3.20. The van der Waals surface area contributed by atoms with Gasteiger partial charge in [0.15, 0.2) is 5.11 Å². The molecule has 1 aliphatic rings. The summed E-state index contributed by atoms with van der Waals surface area (Å²) in [5.41, 5.74) is 7.47. The minimum absolute atomic E-state index is 0.0407. The number of pyridine rings is 1. The lowest BCUT2D eigenvalue weighted by molar-refractivity contribution is 0.311. The summed E-state index contributed by atoms with van der Waals surface area (Å²) in [4.78, 5) is 7.05. The minimum atomic E-state index is 0.0407. The Balaban J connectivity index is 1.87. The third-order valence-corrected chi connectivity index (χ3v) is 6.62. The van der Waals surface area contributed by atoms with Crippen LogP contribution in [0.1, 0.15) is 60.1 Å². The molecule has 156 valence electrons. The highest BCUT2D eigenvalue weighted by Crippen LogP contribution is 2.43. The average molecular weight is 419 g/mol. The van der Waals surface area contributed by atoms with Crippen molar-refractivity contribution in [1.29, 1.82) is 0 Å². The molecule has 2 aromatic heterocycles. The lowest BCUT2D eigenvalue weighted by atomic mass is 9.93. The molecular weight excluding hydrogens is 388 g/mol. The molecule has 1 N–H and O–H groups in total. The fourth-order valence-corrected chi connectivity index (χ4v) is 5.03. The first-order valence-electron chi connectivity index (χ1n) is 10.8. The van der Waals surface area contributed by atoms with Gasteiger partial charge in [-0.2, -0.15) is 0 Å². The van der Waals surface area contributed by atoms with E-state index in [1.807, 2.05) is 12.3 Å². The molecule has 1 fully saturated rings. The summed E-state index contributed by atoms with van der Waals surface area (Å²) < 4.78 is 2.37. The fraction of sp³-hybridized carbons (Fsp3) is 0.360. The van der Waals surface area contributed by atoms with Gasteiger partial charge < -0.3 is 14.8 Å². The first-order valence-corrected chi connectivity index (χ1v) is 11.2. The van der Waals surface area contributed by atoms with E-state index in [1.165, 1.54) is 28.2 Å². The summed E-state index contributed by atoms with van der Waals surface area (Å²) >= 11 is 5.81. The smallest absolute Gasteiger partial charge is 0.170 e. The number of hydrogen-bond donors (Lipinski definition) is 1. The maximum Gasteiger partial charge on any atom is 0.170 e. The lowest BCUT2D eigenvalue weighted by Crippen LogP contribution is -2.31. The number of rotatable bonds is 6. The Bertz CT molecular complexity index is 1030. The Morgan fingerprint density at radius 3 is 2.40 bits per heavy atom. The summed E-state index contributed by atoms with van der Waals surface area (Å²) in [5.74, 6) is 0. The maximum atomic E-state index is 5.81. The van der Waals surface area contributed by atoms with E-state index in [2.05, 4.69) is 89.9 Å². The zero-order valence-electron chi connectivity index (χ0n) is 18.2. The highest BCUT2D eigenvalue weighted by atomic mass is 32.1. The zero-order valence-corrected chi connectivity index (χ0v) is 19.0. The highest BCUT2D eigenvalue weighted by molar-refractivity contribution is 7.80. The standard InChI is InChI=1S/C25H30N4S/c1-5-6-16-28-24(23(27-25(28)30)21-14-10-11-15-26-21)22-17(2)18(3)29(19(22)4)20-12-8-7-9-13-20/h7-15,23-24H,5-6,16H2,1-4H3,(H,27,30)/t23-,24+/m1/s1. The van der Waals surface area contributed by atoms with Crippen LogP contribution in [0.3, 0.4) is 0 Å². The van der Waals surface area contributed by atoms with Crippen LogP contribution in [-0.4, -0.2) is 26.1 Å². The summed E-state index contributed by atoms with van der Waals surface area (Å²) in [7, 11) is 0. The second-order valence-corrected chi connectivity index (χ2v) is 8.44. The van der Waals surface area contributed by atoms with Crippen LogP contribution < -0.4 is 5.32 Å². The Labute approximate surface area is 184 Å². The van der Waals surface area contributed by atoms with Gasteiger partial charge in [0.1, 0.15) is 0 Å². The van der Waals surface area contributed by atoms with E-state index in [1.54, 1.807) is 0 Å². The number of benzene rings is 1. The first kappa shape index (κ1) is 20.6. The highest BCUT2D eigenvalue weighted by Gasteiger charge is 2.42. The Morgan fingerprint density at radius 1 is 1.00 bits per heavy atom. The first-order chi connectivity index (χ1) is 14.5. The van der Waals surface area contributed by atoms with Gasteiger partial charge in [0.2, 0.25) is 0 Å². The molecule has 0 amide bonds. The van der Waals surface area contributed by atoms with Crippen molar-refractivity contribution >= 4 is 17.3 Å². The minimum Gasteiger partial charge on any atom is -0.352 e. The molecule has 0 aliphatic carbocycles. The summed E-state index contributed by atoms with van der Waals surface area (Å²) in [6.07, 6.45) is 4.12. The summed E-state index contributed by atoms with van der Waals surface area (Å²) in [6, 6.07) is 16.9. The van der Waals surface area contributed by atoms with Crippen molar-refractivity contribution in [2.45, 2.75) is 52.6 Å². The number of unbranched alkanes of at least 4 members (excludes halogenated alkanes) is 1. The molecule has 1 saturated heterocycles. The molecule has 30 heavy (non-hydrogen) atoms. The number of para-hydroxylation sites is 1. The van der Waals surface area contributed by atoms with Gasteiger partial charge in [0.25, 0.3) is 0 Å². The van der Waals surface area contributed by atoms with Crippen LogP contribution in [0.15, 0.2) is 54.7 Å². The lowest BCUT2D eigenvalue weighted by Gasteiger charge is -2.29. The number of hydrogen-bond acceptors (Lipinski definition) is 2. The second-order valence-electron chi connectivity index (χ2n) is 8.05. The van der Waals surface area contributed by atoms with Crippen molar-refractivity contribution in [3.63, 3.8) is 0 Å². The molecular formula is C25H30N4S. The zero-order chi connectivity index (χ0) is 21.3. The van der Waals surface area contributed by atoms with Crippen molar-refractivity contribution in [3.8, 4) is 5.69 Å². The molecule has 2 atom stereocenters. The van der Waals surface area contributed by atoms with Crippen LogP contribution >= 0.6 is 12.2 Å².